The molecule has 0 aliphatic heterocycles. The predicted octanol–water partition coefficient (Wildman–Crippen LogP) is 6.67. The normalized spacial score (nSPS) is 11.3. The van der Waals surface area contributed by atoms with Crippen molar-refractivity contribution in [1.29, 1.82) is 0 Å². The summed E-state index contributed by atoms with van der Waals surface area (Å²) >= 11 is 3.43. The Balaban J connectivity index is 1.62. The van der Waals surface area contributed by atoms with Crippen LogP contribution >= 0.6 is 15.9 Å². The molecule has 4 nitrogen and oxygen atoms in total. The second-order valence-electron chi connectivity index (χ2n) is 7.62. The van der Waals surface area contributed by atoms with Crippen LogP contribution < -0.4 is 0 Å². The molecule has 4 rings (SSSR count). The Labute approximate surface area is 184 Å². The van der Waals surface area contributed by atoms with Crippen molar-refractivity contribution in [2.45, 2.75) is 32.7 Å². The van der Waals surface area contributed by atoms with Gasteiger partial charge in [0.15, 0.2) is 5.76 Å². The van der Waals surface area contributed by atoms with Crippen molar-refractivity contribution in [3.05, 3.63) is 76.0 Å². The third-order valence-electron chi connectivity index (χ3n) is 5.44. The molecule has 0 aliphatic carbocycles. The lowest BCUT2D eigenvalue weighted by molar-refractivity contribution is 0.0754. The van der Waals surface area contributed by atoms with Gasteiger partial charge in [-0.1, -0.05) is 49.7 Å². The van der Waals surface area contributed by atoms with E-state index in [2.05, 4.69) is 22.9 Å². The predicted molar refractivity (Wildman–Crippen MR) is 124 cm³/mol. The molecule has 0 aliphatic rings. The topological polar surface area (TPSA) is 53.7 Å². The van der Waals surface area contributed by atoms with Gasteiger partial charge in [-0.2, -0.15) is 0 Å². The van der Waals surface area contributed by atoms with Crippen molar-refractivity contribution in [3.63, 3.8) is 0 Å². The number of para-hydroxylation sites is 1. The molecular weight excluding hydrogens is 442 g/mol. The first-order chi connectivity index (χ1) is 14.5. The van der Waals surface area contributed by atoms with Crippen molar-refractivity contribution in [2.24, 2.45) is 0 Å². The third-order valence-corrected chi connectivity index (χ3v) is 6.27. The average Bonchev–Trinajstić information content (AvgIpc) is 3.12. The molecule has 154 valence electrons. The fourth-order valence-electron chi connectivity index (χ4n) is 3.82. The first-order valence-electron chi connectivity index (χ1n) is 10.2. The van der Waals surface area contributed by atoms with Crippen LogP contribution in [0.2, 0.25) is 0 Å². The van der Waals surface area contributed by atoms with Gasteiger partial charge < -0.3 is 14.4 Å². The fourth-order valence-corrected chi connectivity index (χ4v) is 4.31. The number of amides is 1. The van der Waals surface area contributed by atoms with E-state index in [0.717, 1.165) is 52.1 Å². The first kappa shape index (κ1) is 20.5. The summed E-state index contributed by atoms with van der Waals surface area (Å²) in [7, 11) is 1.80. The third kappa shape index (κ3) is 3.82. The van der Waals surface area contributed by atoms with Crippen molar-refractivity contribution in [3.8, 4) is 5.75 Å². The number of carbonyl (C=O) groups is 1. The van der Waals surface area contributed by atoms with Crippen molar-refractivity contribution in [1.82, 2.24) is 4.90 Å². The van der Waals surface area contributed by atoms with E-state index in [9.17, 15) is 9.90 Å². The average molecular weight is 466 g/mol. The van der Waals surface area contributed by atoms with E-state index in [-0.39, 0.29) is 11.7 Å². The Morgan fingerprint density at radius 1 is 1.10 bits per heavy atom. The lowest BCUT2D eigenvalue weighted by Crippen LogP contribution is -2.26. The van der Waals surface area contributed by atoms with Crippen LogP contribution in [0.4, 0.5) is 0 Å². The van der Waals surface area contributed by atoms with Gasteiger partial charge >= 0.3 is 0 Å². The minimum absolute atomic E-state index is 0.107. The molecule has 30 heavy (non-hydrogen) atoms. The highest BCUT2D eigenvalue weighted by Gasteiger charge is 2.23. The number of furan rings is 1. The van der Waals surface area contributed by atoms with Gasteiger partial charge in [0.25, 0.3) is 5.91 Å². The summed E-state index contributed by atoms with van der Waals surface area (Å²) in [6, 6.07) is 17.4. The number of phenolic OH excluding ortho intramolecular Hbond substituents is 1. The van der Waals surface area contributed by atoms with Gasteiger partial charge in [0, 0.05) is 24.5 Å². The van der Waals surface area contributed by atoms with E-state index >= 15 is 0 Å². The summed E-state index contributed by atoms with van der Waals surface area (Å²) in [5.41, 5.74) is 2.78. The standard InChI is InChI=1S/C25H24BrNO3/c1-3-4-7-20-19-8-5-6-9-22(19)30-24(20)25(29)27(2)15-16-10-12-18-17(14-16)11-13-21(28)23(18)26/h5-6,8-14,28H,3-4,7,15H2,1-2H3. The number of benzene rings is 3. The van der Waals surface area contributed by atoms with Crippen LogP contribution in [0.25, 0.3) is 21.7 Å². The molecule has 0 saturated heterocycles. The number of hydrogen-bond acceptors (Lipinski definition) is 3. The van der Waals surface area contributed by atoms with Crippen LogP contribution in [0.3, 0.4) is 0 Å². The summed E-state index contributed by atoms with van der Waals surface area (Å²) in [4.78, 5) is 15.0. The number of fused-ring (bicyclic) bond motifs is 2. The van der Waals surface area contributed by atoms with Crippen molar-refractivity contribution >= 4 is 43.6 Å². The number of phenols is 1. The quantitative estimate of drug-likeness (QED) is 0.345. The summed E-state index contributed by atoms with van der Waals surface area (Å²) in [6.07, 6.45) is 2.90. The summed E-state index contributed by atoms with van der Waals surface area (Å²) in [5, 5.41) is 12.8. The highest BCUT2D eigenvalue weighted by atomic mass is 79.9. The zero-order chi connectivity index (χ0) is 21.3. The number of aromatic hydroxyl groups is 1. The maximum Gasteiger partial charge on any atom is 0.289 e. The molecule has 1 N–H and O–H groups in total. The van der Waals surface area contributed by atoms with Gasteiger partial charge in [0.2, 0.25) is 0 Å². The molecule has 1 amide bonds. The Morgan fingerprint density at radius 3 is 2.70 bits per heavy atom. The van der Waals surface area contributed by atoms with Gasteiger partial charge in [-0.05, 0) is 63.3 Å². The van der Waals surface area contributed by atoms with E-state index in [4.69, 9.17) is 4.42 Å². The van der Waals surface area contributed by atoms with Crippen molar-refractivity contribution < 1.29 is 14.3 Å². The Kier molecular flexibility index (Phi) is 5.82. The first-order valence-corrected chi connectivity index (χ1v) is 10.9. The van der Waals surface area contributed by atoms with E-state index in [1.807, 2.05) is 48.5 Å². The molecule has 0 atom stereocenters. The minimum Gasteiger partial charge on any atom is -0.507 e. The Hall–Kier alpha value is -2.79. The van der Waals surface area contributed by atoms with Crippen LogP contribution in [0.1, 0.15) is 41.4 Å². The Bertz CT molecular complexity index is 1230. The SMILES string of the molecule is CCCCc1c(C(=O)N(C)Cc2ccc3c(Br)c(O)ccc3c2)oc2ccccc12. The molecule has 4 aromatic rings. The molecule has 0 saturated carbocycles. The molecule has 0 bridgehead atoms. The molecule has 3 aromatic carbocycles. The smallest absolute Gasteiger partial charge is 0.289 e. The van der Waals surface area contributed by atoms with Crippen LogP contribution in [-0.4, -0.2) is 23.0 Å². The molecular formula is C25H24BrNO3. The maximum absolute atomic E-state index is 13.3. The van der Waals surface area contributed by atoms with Gasteiger partial charge in [0.1, 0.15) is 11.3 Å². The lowest BCUT2D eigenvalue weighted by Gasteiger charge is -2.17. The molecule has 0 radical (unpaired) electrons. The highest BCUT2D eigenvalue weighted by molar-refractivity contribution is 9.10. The second kappa shape index (κ2) is 8.52. The van der Waals surface area contributed by atoms with Gasteiger partial charge in [-0.3, -0.25) is 4.79 Å². The van der Waals surface area contributed by atoms with Crippen molar-refractivity contribution in [2.75, 3.05) is 7.05 Å². The molecule has 0 unspecified atom stereocenters. The van der Waals surface area contributed by atoms with E-state index in [1.54, 1.807) is 18.0 Å². The van der Waals surface area contributed by atoms with E-state index in [1.165, 1.54) is 0 Å². The summed E-state index contributed by atoms with van der Waals surface area (Å²) < 4.78 is 6.67. The fraction of sp³-hybridized carbons (Fsp3) is 0.240. The number of aryl methyl sites for hydroxylation is 1. The highest BCUT2D eigenvalue weighted by Crippen LogP contribution is 2.33. The molecule has 1 heterocycles. The molecule has 0 fully saturated rings. The number of carbonyl (C=O) groups excluding carboxylic acids is 1. The largest absolute Gasteiger partial charge is 0.507 e. The summed E-state index contributed by atoms with van der Waals surface area (Å²) in [6.45, 7) is 2.62. The minimum atomic E-state index is -0.107. The number of nitrogens with zero attached hydrogens (tertiary/aromatic N) is 1. The van der Waals surface area contributed by atoms with Crippen LogP contribution in [0, 0.1) is 0 Å². The van der Waals surface area contributed by atoms with Gasteiger partial charge in [0.05, 0.1) is 4.47 Å². The molecule has 1 aromatic heterocycles. The molecule has 5 heteroatoms. The van der Waals surface area contributed by atoms with Gasteiger partial charge in [-0.25, -0.2) is 0 Å². The van der Waals surface area contributed by atoms with Crippen LogP contribution in [0.5, 0.6) is 5.75 Å². The monoisotopic (exact) mass is 465 g/mol. The maximum atomic E-state index is 13.3. The van der Waals surface area contributed by atoms with Gasteiger partial charge in [-0.15, -0.1) is 0 Å². The Morgan fingerprint density at radius 2 is 1.90 bits per heavy atom. The van der Waals surface area contributed by atoms with E-state index < -0.39 is 0 Å². The zero-order valence-corrected chi connectivity index (χ0v) is 18.7. The van der Waals surface area contributed by atoms with E-state index in [0.29, 0.717) is 16.8 Å². The number of unbranched alkanes of at least 4 members (excludes halogenated alkanes) is 1. The number of hydrogen-bond donors (Lipinski definition) is 1. The number of rotatable bonds is 6. The number of halogens is 1. The van der Waals surface area contributed by atoms with Crippen LogP contribution in [-0.2, 0) is 13.0 Å². The molecule has 0 spiro atoms. The second-order valence-corrected chi connectivity index (χ2v) is 8.42. The van der Waals surface area contributed by atoms with Crippen LogP contribution in [0.15, 0.2) is 63.5 Å². The lowest BCUT2D eigenvalue weighted by atomic mass is 10.0. The summed E-state index contributed by atoms with van der Waals surface area (Å²) in [5.74, 6) is 0.553. The zero-order valence-electron chi connectivity index (χ0n) is 17.1.